The van der Waals surface area contributed by atoms with Crippen LogP contribution in [0.5, 0.6) is 0 Å². The molecule has 1 aromatic carbocycles. The van der Waals surface area contributed by atoms with Crippen molar-refractivity contribution in [2.45, 2.75) is 40.0 Å². The van der Waals surface area contributed by atoms with Crippen LogP contribution in [-0.4, -0.2) is 50.1 Å². The monoisotopic (exact) mass is 472 g/mol. The minimum absolute atomic E-state index is 0. The molecule has 0 radical (unpaired) electrons. The summed E-state index contributed by atoms with van der Waals surface area (Å²) in [5.41, 5.74) is 1.36. The zero-order chi connectivity index (χ0) is 17.9. The van der Waals surface area contributed by atoms with Gasteiger partial charge in [0.15, 0.2) is 5.96 Å². The molecule has 1 atom stereocenters. The number of piperidine rings is 1. The summed E-state index contributed by atoms with van der Waals surface area (Å²) in [6.07, 6.45) is 3.64. The van der Waals surface area contributed by atoms with Crippen LogP contribution in [0.3, 0.4) is 0 Å². The van der Waals surface area contributed by atoms with E-state index in [1.165, 1.54) is 38.0 Å². The van der Waals surface area contributed by atoms with E-state index in [9.17, 15) is 0 Å². The van der Waals surface area contributed by atoms with Gasteiger partial charge in [-0.15, -0.1) is 24.0 Å². The van der Waals surface area contributed by atoms with Crippen LogP contribution in [0, 0.1) is 11.8 Å². The highest BCUT2D eigenvalue weighted by molar-refractivity contribution is 14.0. The van der Waals surface area contributed by atoms with Crippen molar-refractivity contribution in [1.82, 2.24) is 15.5 Å². The normalized spacial score (nSPS) is 18.5. The zero-order valence-electron chi connectivity index (χ0n) is 16.7. The summed E-state index contributed by atoms with van der Waals surface area (Å²) >= 11 is 0. The number of halogens is 1. The molecule has 2 N–H and O–H groups in total. The lowest BCUT2D eigenvalue weighted by atomic mass is 9.97. The number of hydrogen-bond donors (Lipinski definition) is 2. The van der Waals surface area contributed by atoms with E-state index in [4.69, 9.17) is 4.99 Å². The summed E-state index contributed by atoms with van der Waals surface area (Å²) in [5.74, 6) is 2.40. The quantitative estimate of drug-likeness (QED) is 0.344. The van der Waals surface area contributed by atoms with Gasteiger partial charge in [-0.3, -0.25) is 4.99 Å². The van der Waals surface area contributed by atoms with Crippen LogP contribution in [0.15, 0.2) is 35.3 Å². The maximum Gasteiger partial charge on any atom is 0.191 e. The second-order valence-corrected chi connectivity index (χ2v) is 7.54. The first-order chi connectivity index (χ1) is 12.2. The molecule has 4 nitrogen and oxygen atoms in total. The minimum atomic E-state index is 0. The molecule has 0 spiro atoms. The van der Waals surface area contributed by atoms with Crippen molar-refractivity contribution in [2.75, 3.05) is 39.3 Å². The number of nitrogens with one attached hydrogen (secondary N) is 2. The van der Waals surface area contributed by atoms with Gasteiger partial charge in [0.05, 0.1) is 0 Å². The zero-order valence-corrected chi connectivity index (χ0v) is 19.0. The van der Waals surface area contributed by atoms with Gasteiger partial charge in [0.25, 0.3) is 0 Å². The SMILES string of the molecule is CCNC(=NCC1CCCN(CC(C)C)C1)NCCc1ccccc1.I. The lowest BCUT2D eigenvalue weighted by Gasteiger charge is -2.33. The first-order valence-corrected chi connectivity index (χ1v) is 9.95. The van der Waals surface area contributed by atoms with Gasteiger partial charge >= 0.3 is 0 Å². The van der Waals surface area contributed by atoms with E-state index in [2.05, 4.69) is 66.6 Å². The molecule has 1 fully saturated rings. The fraction of sp³-hybridized carbons (Fsp3) is 0.667. The van der Waals surface area contributed by atoms with Crippen LogP contribution in [0.25, 0.3) is 0 Å². The number of aliphatic imine (C=N–C) groups is 1. The molecule has 1 unspecified atom stereocenters. The fourth-order valence-electron chi connectivity index (χ4n) is 3.51. The summed E-state index contributed by atoms with van der Waals surface area (Å²) < 4.78 is 0. The van der Waals surface area contributed by atoms with E-state index in [1.807, 2.05) is 0 Å². The third-order valence-electron chi connectivity index (χ3n) is 4.63. The number of hydrogen-bond acceptors (Lipinski definition) is 2. The Bertz CT molecular complexity index is 504. The maximum atomic E-state index is 4.85. The third-order valence-corrected chi connectivity index (χ3v) is 4.63. The molecular weight excluding hydrogens is 435 g/mol. The summed E-state index contributed by atoms with van der Waals surface area (Å²) in [7, 11) is 0. The Hall–Kier alpha value is -0.820. The molecule has 1 heterocycles. The Kier molecular flexibility index (Phi) is 11.9. The van der Waals surface area contributed by atoms with Gasteiger partial charge in [-0.2, -0.15) is 0 Å². The van der Waals surface area contributed by atoms with Crippen molar-refractivity contribution in [3.8, 4) is 0 Å². The summed E-state index contributed by atoms with van der Waals surface area (Å²) in [6, 6.07) is 10.6. The second kappa shape index (κ2) is 13.4. The minimum Gasteiger partial charge on any atom is -0.357 e. The molecule has 1 aromatic rings. The molecule has 0 aliphatic carbocycles. The topological polar surface area (TPSA) is 39.7 Å². The van der Waals surface area contributed by atoms with E-state index in [0.29, 0.717) is 5.92 Å². The smallest absolute Gasteiger partial charge is 0.191 e. The molecule has 148 valence electrons. The predicted molar refractivity (Wildman–Crippen MR) is 124 cm³/mol. The molecule has 1 aliphatic rings. The maximum absolute atomic E-state index is 4.85. The molecule has 0 aromatic heterocycles. The second-order valence-electron chi connectivity index (χ2n) is 7.54. The lowest BCUT2D eigenvalue weighted by Crippen LogP contribution is -2.41. The standard InChI is InChI=1S/C21H36N4.HI/c1-4-22-21(23-13-12-19-9-6-5-7-10-19)24-15-20-11-8-14-25(17-20)16-18(2)3;/h5-7,9-10,18,20H,4,8,11-17H2,1-3H3,(H2,22,23,24);1H. The number of likely N-dealkylation sites (tertiary alicyclic amines) is 1. The Morgan fingerprint density at radius 2 is 2.00 bits per heavy atom. The van der Waals surface area contributed by atoms with Crippen LogP contribution in [-0.2, 0) is 6.42 Å². The largest absolute Gasteiger partial charge is 0.357 e. The van der Waals surface area contributed by atoms with Gasteiger partial charge in [-0.25, -0.2) is 0 Å². The van der Waals surface area contributed by atoms with Crippen LogP contribution in [0.4, 0.5) is 0 Å². The molecule has 5 heteroatoms. The highest BCUT2D eigenvalue weighted by Gasteiger charge is 2.20. The number of benzene rings is 1. The van der Waals surface area contributed by atoms with Crippen molar-refractivity contribution in [2.24, 2.45) is 16.8 Å². The third kappa shape index (κ3) is 9.21. The number of nitrogens with zero attached hydrogens (tertiary/aromatic N) is 2. The van der Waals surface area contributed by atoms with Crippen LogP contribution < -0.4 is 10.6 Å². The number of rotatable bonds is 8. The van der Waals surface area contributed by atoms with E-state index in [-0.39, 0.29) is 24.0 Å². The molecule has 26 heavy (non-hydrogen) atoms. The van der Waals surface area contributed by atoms with Gasteiger partial charge in [0.2, 0.25) is 0 Å². The van der Waals surface area contributed by atoms with E-state index < -0.39 is 0 Å². The first kappa shape index (κ1) is 23.2. The van der Waals surface area contributed by atoms with Gasteiger partial charge in [-0.05, 0) is 50.1 Å². The van der Waals surface area contributed by atoms with Crippen molar-refractivity contribution in [1.29, 1.82) is 0 Å². The van der Waals surface area contributed by atoms with Gasteiger partial charge in [-0.1, -0.05) is 44.2 Å². The fourth-order valence-corrected chi connectivity index (χ4v) is 3.51. The van der Waals surface area contributed by atoms with Crippen molar-refractivity contribution in [3.63, 3.8) is 0 Å². The van der Waals surface area contributed by atoms with Crippen LogP contribution >= 0.6 is 24.0 Å². The van der Waals surface area contributed by atoms with E-state index >= 15 is 0 Å². The Labute approximate surface area is 177 Å². The predicted octanol–water partition coefficient (Wildman–Crippen LogP) is 3.77. The van der Waals surface area contributed by atoms with Crippen molar-refractivity contribution < 1.29 is 0 Å². The molecule has 0 bridgehead atoms. The molecule has 1 aliphatic heterocycles. The molecule has 1 saturated heterocycles. The average molecular weight is 472 g/mol. The lowest BCUT2D eigenvalue weighted by molar-refractivity contribution is 0.162. The van der Waals surface area contributed by atoms with Gasteiger partial charge < -0.3 is 15.5 Å². The van der Waals surface area contributed by atoms with Crippen LogP contribution in [0.1, 0.15) is 39.2 Å². The summed E-state index contributed by atoms with van der Waals surface area (Å²) in [5, 5.41) is 6.85. The summed E-state index contributed by atoms with van der Waals surface area (Å²) in [6.45, 7) is 13.2. The van der Waals surface area contributed by atoms with E-state index in [0.717, 1.165) is 37.9 Å². The molecule has 2 rings (SSSR count). The van der Waals surface area contributed by atoms with Gasteiger partial charge in [0, 0.05) is 32.7 Å². The first-order valence-electron chi connectivity index (χ1n) is 9.95. The molecular formula is C21H37IN4. The molecule has 0 saturated carbocycles. The Balaban J connectivity index is 0.00000338. The Morgan fingerprint density at radius 3 is 2.69 bits per heavy atom. The van der Waals surface area contributed by atoms with Crippen molar-refractivity contribution >= 4 is 29.9 Å². The van der Waals surface area contributed by atoms with Gasteiger partial charge in [0.1, 0.15) is 0 Å². The van der Waals surface area contributed by atoms with E-state index in [1.54, 1.807) is 0 Å². The summed E-state index contributed by atoms with van der Waals surface area (Å²) in [4.78, 5) is 7.46. The molecule has 0 amide bonds. The van der Waals surface area contributed by atoms with Crippen molar-refractivity contribution in [3.05, 3.63) is 35.9 Å². The highest BCUT2D eigenvalue weighted by atomic mass is 127. The van der Waals surface area contributed by atoms with Crippen LogP contribution in [0.2, 0.25) is 0 Å². The highest BCUT2D eigenvalue weighted by Crippen LogP contribution is 2.17. The Morgan fingerprint density at radius 1 is 1.23 bits per heavy atom. The number of guanidine groups is 1. The average Bonchev–Trinajstić information content (AvgIpc) is 2.60.